The van der Waals surface area contributed by atoms with E-state index >= 15 is 0 Å². The highest BCUT2D eigenvalue weighted by atomic mass is 79.9. The lowest BCUT2D eigenvalue weighted by Crippen LogP contribution is -2.09. The molecule has 5 heteroatoms. The van der Waals surface area contributed by atoms with Gasteiger partial charge in [-0.25, -0.2) is 9.97 Å². The molecule has 2 rings (SSSR count). The standard InChI is InChI=1S/C13H14BrN3O/c1-15-6-11-7-16-9-17-13(11)18-8-10-4-2-3-5-12(10)14/h2-5,7,9,15H,6,8H2,1H3. The molecule has 1 heterocycles. The van der Waals surface area contributed by atoms with Crippen molar-refractivity contribution in [3.8, 4) is 5.88 Å². The Hall–Kier alpha value is -1.46. The van der Waals surface area contributed by atoms with Gasteiger partial charge in [-0.1, -0.05) is 34.1 Å². The lowest BCUT2D eigenvalue weighted by atomic mass is 10.2. The molecule has 0 aliphatic carbocycles. The normalized spacial score (nSPS) is 10.3. The largest absolute Gasteiger partial charge is 0.472 e. The first-order valence-electron chi connectivity index (χ1n) is 5.61. The molecule has 1 aromatic heterocycles. The number of aromatic nitrogens is 2. The number of ether oxygens (including phenoxy) is 1. The molecule has 2 aromatic rings. The number of rotatable bonds is 5. The van der Waals surface area contributed by atoms with E-state index in [1.165, 1.54) is 6.33 Å². The van der Waals surface area contributed by atoms with Crippen molar-refractivity contribution in [2.45, 2.75) is 13.2 Å². The molecular weight excluding hydrogens is 294 g/mol. The van der Waals surface area contributed by atoms with E-state index in [0.717, 1.165) is 15.6 Å². The molecule has 0 saturated carbocycles. The molecule has 94 valence electrons. The first kappa shape index (κ1) is 13.0. The van der Waals surface area contributed by atoms with Gasteiger partial charge in [0.2, 0.25) is 5.88 Å². The number of nitrogens with zero attached hydrogens (tertiary/aromatic N) is 2. The third kappa shape index (κ3) is 3.27. The van der Waals surface area contributed by atoms with Gasteiger partial charge in [-0.15, -0.1) is 0 Å². The van der Waals surface area contributed by atoms with Crippen molar-refractivity contribution in [2.75, 3.05) is 7.05 Å². The van der Waals surface area contributed by atoms with Crippen LogP contribution in [0, 0.1) is 0 Å². The van der Waals surface area contributed by atoms with E-state index in [0.29, 0.717) is 19.0 Å². The SMILES string of the molecule is CNCc1cncnc1OCc1ccccc1Br. The monoisotopic (exact) mass is 307 g/mol. The zero-order valence-electron chi connectivity index (χ0n) is 10.1. The molecule has 0 amide bonds. The second-order valence-electron chi connectivity index (χ2n) is 3.76. The van der Waals surface area contributed by atoms with Gasteiger partial charge >= 0.3 is 0 Å². The van der Waals surface area contributed by atoms with E-state index in [1.807, 2.05) is 31.3 Å². The van der Waals surface area contributed by atoms with Crippen LogP contribution in [0.2, 0.25) is 0 Å². The summed E-state index contributed by atoms with van der Waals surface area (Å²) in [7, 11) is 1.88. The Morgan fingerprint density at radius 2 is 2.11 bits per heavy atom. The number of halogens is 1. The molecular formula is C13H14BrN3O. The maximum absolute atomic E-state index is 5.74. The number of nitrogens with one attached hydrogen (secondary N) is 1. The van der Waals surface area contributed by atoms with Gasteiger partial charge in [0, 0.05) is 28.3 Å². The molecule has 0 bridgehead atoms. The van der Waals surface area contributed by atoms with Gasteiger partial charge in [-0.05, 0) is 13.1 Å². The quantitative estimate of drug-likeness (QED) is 0.922. The van der Waals surface area contributed by atoms with Crippen molar-refractivity contribution in [2.24, 2.45) is 0 Å². The van der Waals surface area contributed by atoms with E-state index < -0.39 is 0 Å². The van der Waals surface area contributed by atoms with Gasteiger partial charge in [0.1, 0.15) is 12.9 Å². The van der Waals surface area contributed by atoms with Crippen LogP contribution in [0.3, 0.4) is 0 Å². The summed E-state index contributed by atoms with van der Waals surface area (Å²) in [5.41, 5.74) is 2.04. The maximum Gasteiger partial charge on any atom is 0.221 e. The highest BCUT2D eigenvalue weighted by Gasteiger charge is 2.06. The third-order valence-corrected chi connectivity index (χ3v) is 3.21. The van der Waals surface area contributed by atoms with Crippen molar-refractivity contribution in [1.82, 2.24) is 15.3 Å². The van der Waals surface area contributed by atoms with Crippen LogP contribution in [-0.4, -0.2) is 17.0 Å². The molecule has 4 nitrogen and oxygen atoms in total. The summed E-state index contributed by atoms with van der Waals surface area (Å²) >= 11 is 3.49. The second kappa shape index (κ2) is 6.47. The van der Waals surface area contributed by atoms with Crippen molar-refractivity contribution >= 4 is 15.9 Å². The second-order valence-corrected chi connectivity index (χ2v) is 4.62. The fourth-order valence-corrected chi connectivity index (χ4v) is 1.95. The minimum atomic E-state index is 0.481. The van der Waals surface area contributed by atoms with Gasteiger partial charge < -0.3 is 10.1 Å². The predicted molar refractivity (Wildman–Crippen MR) is 73.3 cm³/mol. The van der Waals surface area contributed by atoms with Crippen molar-refractivity contribution in [1.29, 1.82) is 0 Å². The average molecular weight is 308 g/mol. The molecule has 0 spiro atoms. The summed E-state index contributed by atoms with van der Waals surface area (Å²) in [5.74, 6) is 0.620. The van der Waals surface area contributed by atoms with Crippen LogP contribution in [-0.2, 0) is 13.2 Å². The van der Waals surface area contributed by atoms with Gasteiger partial charge in [0.15, 0.2) is 0 Å². The Morgan fingerprint density at radius 3 is 2.89 bits per heavy atom. The highest BCUT2D eigenvalue weighted by molar-refractivity contribution is 9.10. The molecule has 1 aromatic carbocycles. The minimum absolute atomic E-state index is 0.481. The first-order valence-corrected chi connectivity index (χ1v) is 6.40. The lowest BCUT2D eigenvalue weighted by molar-refractivity contribution is 0.288. The Balaban J connectivity index is 2.08. The van der Waals surface area contributed by atoms with Gasteiger partial charge in [0.05, 0.1) is 0 Å². The summed E-state index contributed by atoms with van der Waals surface area (Å²) in [6.45, 7) is 1.17. The summed E-state index contributed by atoms with van der Waals surface area (Å²) in [5, 5.41) is 3.06. The van der Waals surface area contributed by atoms with E-state index in [9.17, 15) is 0 Å². The van der Waals surface area contributed by atoms with Gasteiger partial charge in [0.25, 0.3) is 0 Å². The molecule has 0 unspecified atom stereocenters. The van der Waals surface area contributed by atoms with E-state index in [2.05, 4.69) is 31.2 Å². The zero-order valence-corrected chi connectivity index (χ0v) is 11.6. The topological polar surface area (TPSA) is 47.0 Å². The highest BCUT2D eigenvalue weighted by Crippen LogP contribution is 2.19. The Bertz CT molecular complexity index is 519. The minimum Gasteiger partial charge on any atom is -0.472 e. The zero-order chi connectivity index (χ0) is 12.8. The van der Waals surface area contributed by atoms with Crippen molar-refractivity contribution in [3.63, 3.8) is 0 Å². The number of hydrogen-bond acceptors (Lipinski definition) is 4. The average Bonchev–Trinajstić information content (AvgIpc) is 2.40. The molecule has 0 saturated heterocycles. The summed E-state index contributed by atoms with van der Waals surface area (Å²) in [4.78, 5) is 8.15. The maximum atomic E-state index is 5.74. The predicted octanol–water partition coefficient (Wildman–Crippen LogP) is 2.54. The van der Waals surface area contributed by atoms with Gasteiger partial charge in [-0.3, -0.25) is 0 Å². The Labute approximate surface area is 115 Å². The molecule has 0 radical (unpaired) electrons. The fraction of sp³-hybridized carbons (Fsp3) is 0.231. The van der Waals surface area contributed by atoms with Crippen LogP contribution in [0.25, 0.3) is 0 Å². The first-order chi connectivity index (χ1) is 8.81. The summed E-state index contributed by atoms with van der Waals surface area (Å²) in [6.07, 6.45) is 3.26. The van der Waals surface area contributed by atoms with Crippen LogP contribution >= 0.6 is 15.9 Å². The Morgan fingerprint density at radius 1 is 1.28 bits per heavy atom. The van der Waals surface area contributed by atoms with Crippen molar-refractivity contribution in [3.05, 3.63) is 52.4 Å². The lowest BCUT2D eigenvalue weighted by Gasteiger charge is -2.10. The number of benzene rings is 1. The van der Waals surface area contributed by atoms with E-state index in [4.69, 9.17) is 4.74 Å². The van der Waals surface area contributed by atoms with E-state index in [-0.39, 0.29) is 0 Å². The molecule has 0 fully saturated rings. The van der Waals surface area contributed by atoms with Crippen molar-refractivity contribution < 1.29 is 4.74 Å². The summed E-state index contributed by atoms with van der Waals surface area (Å²) < 4.78 is 6.77. The Kier molecular flexibility index (Phi) is 4.66. The molecule has 0 aliphatic rings. The smallest absolute Gasteiger partial charge is 0.221 e. The summed E-state index contributed by atoms with van der Waals surface area (Å²) in [6, 6.07) is 7.97. The van der Waals surface area contributed by atoms with Crippen LogP contribution in [0.1, 0.15) is 11.1 Å². The van der Waals surface area contributed by atoms with Gasteiger partial charge in [-0.2, -0.15) is 0 Å². The molecule has 0 aliphatic heterocycles. The van der Waals surface area contributed by atoms with Crippen LogP contribution in [0.15, 0.2) is 41.3 Å². The number of hydrogen-bond donors (Lipinski definition) is 1. The van der Waals surface area contributed by atoms with Crippen LogP contribution in [0.4, 0.5) is 0 Å². The van der Waals surface area contributed by atoms with Crippen LogP contribution < -0.4 is 10.1 Å². The fourth-order valence-electron chi connectivity index (χ4n) is 1.55. The van der Waals surface area contributed by atoms with E-state index in [1.54, 1.807) is 6.20 Å². The van der Waals surface area contributed by atoms with Crippen LogP contribution in [0.5, 0.6) is 5.88 Å². The molecule has 0 atom stereocenters. The molecule has 18 heavy (non-hydrogen) atoms. The third-order valence-electron chi connectivity index (χ3n) is 2.44. The molecule has 1 N–H and O–H groups in total.